The fourth-order valence-electron chi connectivity index (χ4n) is 2.84. The van der Waals surface area contributed by atoms with Gasteiger partial charge >= 0.3 is 0 Å². The van der Waals surface area contributed by atoms with Crippen molar-refractivity contribution in [2.75, 3.05) is 18.9 Å². The van der Waals surface area contributed by atoms with Crippen LogP contribution in [0.4, 0.5) is 5.69 Å². The maximum absolute atomic E-state index is 12.3. The van der Waals surface area contributed by atoms with E-state index in [0.717, 1.165) is 6.54 Å². The van der Waals surface area contributed by atoms with Crippen LogP contribution >= 0.6 is 0 Å². The minimum Gasteiger partial charge on any atom is -0.484 e. The Bertz CT molecular complexity index is 458. The average molecular weight is 276 g/mol. The Labute approximate surface area is 120 Å². The van der Waals surface area contributed by atoms with E-state index in [-0.39, 0.29) is 18.6 Å². The molecule has 1 saturated heterocycles. The molecule has 0 aliphatic carbocycles. The van der Waals surface area contributed by atoms with Crippen LogP contribution in [0.1, 0.15) is 27.2 Å². The van der Waals surface area contributed by atoms with E-state index in [1.807, 2.05) is 4.90 Å². The molecule has 110 valence electrons. The van der Waals surface area contributed by atoms with Crippen LogP contribution in [-0.4, -0.2) is 30.0 Å². The lowest BCUT2D eigenvalue weighted by Gasteiger charge is -2.41. The van der Waals surface area contributed by atoms with Crippen molar-refractivity contribution in [3.05, 3.63) is 24.3 Å². The lowest BCUT2D eigenvalue weighted by Crippen LogP contribution is -2.50. The molecule has 1 amide bonds. The Hall–Kier alpha value is -1.71. The quantitative estimate of drug-likeness (QED) is 0.863. The second-order valence-corrected chi connectivity index (χ2v) is 5.96. The van der Waals surface area contributed by atoms with E-state index < -0.39 is 0 Å². The minimum atomic E-state index is 0.0627. The van der Waals surface area contributed by atoms with Gasteiger partial charge < -0.3 is 15.4 Å². The van der Waals surface area contributed by atoms with Gasteiger partial charge in [-0.1, -0.05) is 13.8 Å². The van der Waals surface area contributed by atoms with Gasteiger partial charge in [0, 0.05) is 18.3 Å². The van der Waals surface area contributed by atoms with E-state index in [9.17, 15) is 4.79 Å². The van der Waals surface area contributed by atoms with Crippen LogP contribution in [-0.2, 0) is 4.79 Å². The molecule has 3 unspecified atom stereocenters. The summed E-state index contributed by atoms with van der Waals surface area (Å²) in [6.07, 6.45) is 1.18. The molecular formula is C16H24N2O2. The highest BCUT2D eigenvalue weighted by atomic mass is 16.5. The van der Waals surface area contributed by atoms with Gasteiger partial charge in [-0.3, -0.25) is 4.79 Å². The SMILES string of the molecule is CC1CC(C)C(C)N(C(=O)COc2ccc(N)cc2)C1. The number of piperidine rings is 1. The van der Waals surface area contributed by atoms with Gasteiger partial charge in [0.2, 0.25) is 0 Å². The summed E-state index contributed by atoms with van der Waals surface area (Å²) < 4.78 is 5.55. The first-order valence-electron chi connectivity index (χ1n) is 7.25. The predicted octanol–water partition coefficient (Wildman–Crippen LogP) is 2.54. The van der Waals surface area contributed by atoms with E-state index in [1.54, 1.807) is 24.3 Å². The van der Waals surface area contributed by atoms with Crippen molar-refractivity contribution in [3.63, 3.8) is 0 Å². The minimum absolute atomic E-state index is 0.0627. The number of nitrogens with two attached hydrogens (primary N) is 1. The number of hydrogen-bond acceptors (Lipinski definition) is 3. The van der Waals surface area contributed by atoms with E-state index in [2.05, 4.69) is 20.8 Å². The number of nitrogens with zero attached hydrogens (tertiary/aromatic N) is 1. The lowest BCUT2D eigenvalue weighted by atomic mass is 9.86. The summed E-state index contributed by atoms with van der Waals surface area (Å²) in [5.74, 6) is 1.84. The summed E-state index contributed by atoms with van der Waals surface area (Å²) in [7, 11) is 0. The molecule has 1 fully saturated rings. The first-order valence-corrected chi connectivity index (χ1v) is 7.25. The highest BCUT2D eigenvalue weighted by Crippen LogP contribution is 2.27. The first kappa shape index (κ1) is 14.7. The Morgan fingerprint density at radius 3 is 2.60 bits per heavy atom. The maximum atomic E-state index is 12.3. The zero-order valence-corrected chi connectivity index (χ0v) is 12.5. The number of anilines is 1. The van der Waals surface area contributed by atoms with Gasteiger partial charge in [-0.2, -0.15) is 0 Å². The fraction of sp³-hybridized carbons (Fsp3) is 0.562. The summed E-state index contributed by atoms with van der Waals surface area (Å²) >= 11 is 0. The Balaban J connectivity index is 1.92. The molecule has 1 aromatic rings. The standard InChI is InChI=1S/C16H24N2O2/c1-11-8-12(2)13(3)18(9-11)16(19)10-20-15-6-4-14(17)5-7-15/h4-7,11-13H,8-10,17H2,1-3H3. The molecule has 1 aliphatic heterocycles. The molecule has 0 aromatic heterocycles. The Morgan fingerprint density at radius 2 is 1.95 bits per heavy atom. The highest BCUT2D eigenvalue weighted by Gasteiger charge is 2.31. The average Bonchev–Trinajstić information content (AvgIpc) is 2.42. The largest absolute Gasteiger partial charge is 0.484 e. The van der Waals surface area contributed by atoms with Crippen LogP contribution in [0.25, 0.3) is 0 Å². The summed E-state index contributed by atoms with van der Waals surface area (Å²) in [6, 6.07) is 7.40. The molecule has 0 radical (unpaired) electrons. The molecule has 3 atom stereocenters. The molecule has 1 aromatic carbocycles. The summed E-state index contributed by atoms with van der Waals surface area (Å²) in [5, 5.41) is 0. The van der Waals surface area contributed by atoms with Crippen molar-refractivity contribution in [2.45, 2.75) is 33.2 Å². The van der Waals surface area contributed by atoms with Crippen molar-refractivity contribution in [2.24, 2.45) is 11.8 Å². The molecule has 4 nitrogen and oxygen atoms in total. The third-order valence-electron chi connectivity index (χ3n) is 4.16. The van der Waals surface area contributed by atoms with Crippen LogP contribution in [0.5, 0.6) is 5.75 Å². The number of carbonyl (C=O) groups is 1. The molecule has 2 rings (SSSR count). The highest BCUT2D eigenvalue weighted by molar-refractivity contribution is 5.78. The second-order valence-electron chi connectivity index (χ2n) is 5.96. The van der Waals surface area contributed by atoms with Gasteiger partial charge in [-0.05, 0) is 49.4 Å². The van der Waals surface area contributed by atoms with Crippen LogP contribution in [0.15, 0.2) is 24.3 Å². The normalized spacial score (nSPS) is 26.4. The molecule has 1 aliphatic rings. The zero-order valence-electron chi connectivity index (χ0n) is 12.5. The Kier molecular flexibility index (Phi) is 4.53. The molecule has 4 heteroatoms. The Morgan fingerprint density at radius 1 is 1.30 bits per heavy atom. The molecule has 0 spiro atoms. The number of amides is 1. The van der Waals surface area contributed by atoms with Crippen LogP contribution < -0.4 is 10.5 Å². The topological polar surface area (TPSA) is 55.6 Å². The van der Waals surface area contributed by atoms with Gasteiger partial charge in [0.05, 0.1) is 0 Å². The van der Waals surface area contributed by atoms with Gasteiger partial charge in [0.25, 0.3) is 5.91 Å². The summed E-state index contributed by atoms with van der Waals surface area (Å²) in [5.41, 5.74) is 6.31. The third-order valence-corrected chi connectivity index (χ3v) is 4.16. The van der Waals surface area contributed by atoms with Crippen molar-refractivity contribution < 1.29 is 9.53 Å². The summed E-state index contributed by atoms with van der Waals surface area (Å²) in [6.45, 7) is 7.45. The summed E-state index contributed by atoms with van der Waals surface area (Å²) in [4.78, 5) is 14.3. The molecule has 1 heterocycles. The van der Waals surface area contributed by atoms with Crippen LogP contribution in [0.3, 0.4) is 0 Å². The molecule has 0 bridgehead atoms. The van der Waals surface area contributed by atoms with E-state index in [1.165, 1.54) is 6.42 Å². The first-order chi connectivity index (χ1) is 9.47. The third kappa shape index (κ3) is 3.44. The van der Waals surface area contributed by atoms with E-state index in [0.29, 0.717) is 23.3 Å². The molecule has 0 saturated carbocycles. The maximum Gasteiger partial charge on any atom is 0.260 e. The van der Waals surface area contributed by atoms with Gasteiger partial charge in [-0.25, -0.2) is 0 Å². The van der Waals surface area contributed by atoms with Crippen molar-refractivity contribution in [1.29, 1.82) is 0 Å². The molecule has 2 N–H and O–H groups in total. The second kappa shape index (κ2) is 6.16. The molecular weight excluding hydrogens is 252 g/mol. The van der Waals surface area contributed by atoms with Crippen molar-refractivity contribution >= 4 is 11.6 Å². The number of ether oxygens (including phenoxy) is 1. The van der Waals surface area contributed by atoms with Crippen LogP contribution in [0, 0.1) is 11.8 Å². The fourth-order valence-corrected chi connectivity index (χ4v) is 2.84. The van der Waals surface area contributed by atoms with E-state index >= 15 is 0 Å². The number of carbonyl (C=O) groups excluding carboxylic acids is 1. The predicted molar refractivity (Wildman–Crippen MR) is 80.5 cm³/mol. The van der Waals surface area contributed by atoms with Crippen molar-refractivity contribution in [3.8, 4) is 5.75 Å². The number of hydrogen-bond donors (Lipinski definition) is 1. The van der Waals surface area contributed by atoms with E-state index in [4.69, 9.17) is 10.5 Å². The smallest absolute Gasteiger partial charge is 0.260 e. The lowest BCUT2D eigenvalue weighted by molar-refractivity contribution is -0.139. The number of rotatable bonds is 3. The number of nitrogen functional groups attached to an aromatic ring is 1. The van der Waals surface area contributed by atoms with Crippen LogP contribution in [0.2, 0.25) is 0 Å². The van der Waals surface area contributed by atoms with Gasteiger partial charge in [0.15, 0.2) is 6.61 Å². The monoisotopic (exact) mass is 276 g/mol. The van der Waals surface area contributed by atoms with Gasteiger partial charge in [-0.15, -0.1) is 0 Å². The zero-order chi connectivity index (χ0) is 14.7. The van der Waals surface area contributed by atoms with Crippen molar-refractivity contribution in [1.82, 2.24) is 4.90 Å². The number of likely N-dealkylation sites (tertiary alicyclic amines) is 1. The number of benzene rings is 1. The van der Waals surface area contributed by atoms with Gasteiger partial charge in [0.1, 0.15) is 5.75 Å². The molecule has 20 heavy (non-hydrogen) atoms.